The molecule has 0 aliphatic heterocycles. The molecule has 1 atom stereocenters. The van der Waals surface area contributed by atoms with E-state index in [0.717, 1.165) is 28.9 Å². The maximum absolute atomic E-state index is 11.7. The molecule has 1 N–H and O–H groups in total. The van der Waals surface area contributed by atoms with Gasteiger partial charge in [-0.05, 0) is 19.3 Å². The third-order valence-electron chi connectivity index (χ3n) is 2.16. The Balaban J connectivity index is 2.40. The topological polar surface area (TPSA) is 42.0 Å². The van der Waals surface area contributed by atoms with E-state index >= 15 is 0 Å². The van der Waals surface area contributed by atoms with Gasteiger partial charge in [-0.2, -0.15) is 0 Å². The molecule has 1 unspecified atom stereocenters. The van der Waals surface area contributed by atoms with Gasteiger partial charge in [0.2, 0.25) is 0 Å². The highest BCUT2D eigenvalue weighted by atomic mass is 79.9. The largest absolute Gasteiger partial charge is 0.351 e. The van der Waals surface area contributed by atoms with E-state index < -0.39 is 0 Å². The van der Waals surface area contributed by atoms with Crippen LogP contribution in [0.2, 0.25) is 0 Å². The van der Waals surface area contributed by atoms with Crippen molar-refractivity contribution in [3.63, 3.8) is 0 Å². The van der Waals surface area contributed by atoms with E-state index in [1.807, 2.05) is 6.92 Å². The van der Waals surface area contributed by atoms with Crippen LogP contribution in [0.5, 0.6) is 0 Å². The van der Waals surface area contributed by atoms with E-state index in [0.29, 0.717) is 5.92 Å². The minimum Gasteiger partial charge on any atom is -0.351 e. The molecule has 0 fully saturated rings. The smallest absolute Gasteiger partial charge is 0.263 e. The molecule has 0 radical (unpaired) electrons. The fourth-order valence-corrected chi connectivity index (χ4v) is 2.66. The van der Waals surface area contributed by atoms with Crippen LogP contribution in [0.3, 0.4) is 0 Å². The van der Waals surface area contributed by atoms with Crippen LogP contribution in [-0.4, -0.2) is 22.8 Å². The van der Waals surface area contributed by atoms with E-state index in [2.05, 4.69) is 33.2 Å². The highest BCUT2D eigenvalue weighted by Gasteiger charge is 2.12. The van der Waals surface area contributed by atoms with Crippen molar-refractivity contribution < 1.29 is 4.79 Å². The maximum atomic E-state index is 11.7. The highest BCUT2D eigenvalue weighted by molar-refractivity contribution is 9.09. The summed E-state index contributed by atoms with van der Waals surface area (Å²) in [5.41, 5.74) is 2.51. The van der Waals surface area contributed by atoms with Gasteiger partial charge in [-0.25, -0.2) is 4.98 Å². The second-order valence-electron chi connectivity index (χ2n) is 3.56. The Morgan fingerprint density at radius 2 is 2.47 bits per heavy atom. The van der Waals surface area contributed by atoms with Gasteiger partial charge in [-0.1, -0.05) is 22.9 Å². The van der Waals surface area contributed by atoms with E-state index in [4.69, 9.17) is 0 Å². The summed E-state index contributed by atoms with van der Waals surface area (Å²) in [6, 6.07) is 0. The van der Waals surface area contributed by atoms with Gasteiger partial charge in [0.25, 0.3) is 5.91 Å². The van der Waals surface area contributed by atoms with Gasteiger partial charge in [0, 0.05) is 11.9 Å². The van der Waals surface area contributed by atoms with Gasteiger partial charge in [0.05, 0.1) is 11.2 Å². The minimum absolute atomic E-state index is 0.00331. The maximum Gasteiger partial charge on any atom is 0.263 e. The van der Waals surface area contributed by atoms with Crippen molar-refractivity contribution >= 4 is 33.2 Å². The molecule has 15 heavy (non-hydrogen) atoms. The fraction of sp³-hybridized carbons (Fsp3) is 0.600. The Morgan fingerprint density at radius 1 is 1.73 bits per heavy atom. The molecule has 0 spiro atoms. The Hall–Kier alpha value is -0.420. The predicted octanol–water partition coefficient (Wildman–Crippen LogP) is 2.60. The van der Waals surface area contributed by atoms with E-state index in [-0.39, 0.29) is 5.91 Å². The van der Waals surface area contributed by atoms with Crippen molar-refractivity contribution in [2.75, 3.05) is 11.9 Å². The number of aromatic nitrogens is 1. The number of thiazole rings is 1. The van der Waals surface area contributed by atoms with E-state index in [1.165, 1.54) is 11.3 Å². The van der Waals surface area contributed by atoms with Crippen LogP contribution in [-0.2, 0) is 0 Å². The number of alkyl halides is 1. The molecule has 1 rings (SSSR count). The average Bonchev–Trinajstić information content (AvgIpc) is 2.61. The van der Waals surface area contributed by atoms with Crippen molar-refractivity contribution in [2.24, 2.45) is 5.92 Å². The van der Waals surface area contributed by atoms with Gasteiger partial charge in [-0.15, -0.1) is 11.3 Å². The monoisotopic (exact) mass is 290 g/mol. The molecule has 0 aromatic carbocycles. The summed E-state index contributed by atoms with van der Waals surface area (Å²) < 4.78 is 0. The van der Waals surface area contributed by atoms with Crippen LogP contribution in [0.4, 0.5) is 0 Å². The van der Waals surface area contributed by atoms with Crippen LogP contribution in [0, 0.1) is 12.8 Å². The lowest BCUT2D eigenvalue weighted by Gasteiger charge is -2.10. The summed E-state index contributed by atoms with van der Waals surface area (Å²) in [5, 5.41) is 3.90. The second kappa shape index (κ2) is 6.23. The molecule has 0 saturated carbocycles. The molecule has 0 aliphatic carbocycles. The standard InChI is InChI=1S/C10H15BrN2OS/c1-7(3-4-11)5-12-10(14)9-8(2)13-6-15-9/h6-7H,3-5H2,1-2H3,(H,12,14). The molecule has 1 aromatic heterocycles. The Kier molecular flexibility index (Phi) is 5.25. The first-order chi connectivity index (χ1) is 7.15. The predicted molar refractivity (Wildman–Crippen MR) is 66.8 cm³/mol. The number of rotatable bonds is 5. The first-order valence-corrected chi connectivity index (χ1v) is 6.89. The quantitative estimate of drug-likeness (QED) is 0.847. The molecule has 0 aliphatic rings. The summed E-state index contributed by atoms with van der Waals surface area (Å²) in [6.07, 6.45) is 1.07. The molecule has 5 heteroatoms. The van der Waals surface area contributed by atoms with Crippen LogP contribution in [0.15, 0.2) is 5.51 Å². The number of nitrogens with zero attached hydrogens (tertiary/aromatic N) is 1. The molecule has 0 saturated heterocycles. The summed E-state index contributed by atoms with van der Waals surface area (Å²) in [6.45, 7) is 4.70. The average molecular weight is 291 g/mol. The number of nitrogens with one attached hydrogen (secondary N) is 1. The third-order valence-corrected chi connectivity index (χ3v) is 3.55. The first kappa shape index (κ1) is 12.6. The van der Waals surface area contributed by atoms with Gasteiger partial charge < -0.3 is 5.32 Å². The summed E-state index contributed by atoms with van der Waals surface area (Å²) in [7, 11) is 0. The number of carbonyl (C=O) groups excluding carboxylic acids is 1. The molecule has 1 heterocycles. The number of hydrogen-bond acceptors (Lipinski definition) is 3. The Labute approximate surface area is 102 Å². The van der Waals surface area contributed by atoms with Crippen LogP contribution < -0.4 is 5.32 Å². The highest BCUT2D eigenvalue weighted by Crippen LogP contribution is 2.12. The molecule has 0 bridgehead atoms. The summed E-state index contributed by atoms with van der Waals surface area (Å²) in [4.78, 5) is 16.5. The Morgan fingerprint density at radius 3 is 3.00 bits per heavy atom. The van der Waals surface area contributed by atoms with Crippen molar-refractivity contribution in [3.05, 3.63) is 16.1 Å². The van der Waals surface area contributed by atoms with Crippen LogP contribution in [0.25, 0.3) is 0 Å². The summed E-state index contributed by atoms with van der Waals surface area (Å²) in [5.74, 6) is 0.498. The lowest BCUT2D eigenvalue weighted by molar-refractivity contribution is 0.0951. The Bertz CT molecular complexity index is 327. The molecular weight excluding hydrogens is 276 g/mol. The van der Waals surface area contributed by atoms with Crippen molar-refractivity contribution in [1.29, 1.82) is 0 Å². The molecule has 3 nitrogen and oxygen atoms in total. The third kappa shape index (κ3) is 3.91. The van der Waals surface area contributed by atoms with Crippen LogP contribution >= 0.6 is 27.3 Å². The van der Waals surface area contributed by atoms with Crippen molar-refractivity contribution in [3.8, 4) is 0 Å². The normalized spacial score (nSPS) is 12.5. The van der Waals surface area contributed by atoms with Crippen molar-refractivity contribution in [2.45, 2.75) is 20.3 Å². The first-order valence-electron chi connectivity index (χ1n) is 4.89. The fourth-order valence-electron chi connectivity index (χ4n) is 1.16. The number of aryl methyl sites for hydroxylation is 1. The SMILES string of the molecule is Cc1ncsc1C(=O)NCC(C)CCBr. The number of amides is 1. The molecule has 1 amide bonds. The van der Waals surface area contributed by atoms with E-state index in [1.54, 1.807) is 5.51 Å². The zero-order valence-corrected chi connectivity index (χ0v) is 11.3. The number of hydrogen-bond donors (Lipinski definition) is 1. The second-order valence-corrected chi connectivity index (χ2v) is 5.21. The summed E-state index contributed by atoms with van der Waals surface area (Å²) >= 11 is 4.78. The molecule has 84 valence electrons. The zero-order valence-electron chi connectivity index (χ0n) is 8.92. The van der Waals surface area contributed by atoms with Gasteiger partial charge in [0.15, 0.2) is 0 Å². The molecule has 1 aromatic rings. The van der Waals surface area contributed by atoms with Gasteiger partial charge >= 0.3 is 0 Å². The lowest BCUT2D eigenvalue weighted by atomic mass is 10.1. The number of carbonyl (C=O) groups is 1. The van der Waals surface area contributed by atoms with Gasteiger partial charge in [-0.3, -0.25) is 4.79 Å². The van der Waals surface area contributed by atoms with Gasteiger partial charge in [0.1, 0.15) is 4.88 Å². The zero-order chi connectivity index (χ0) is 11.3. The van der Waals surface area contributed by atoms with Crippen molar-refractivity contribution in [1.82, 2.24) is 10.3 Å². The minimum atomic E-state index is -0.00331. The molecular formula is C10H15BrN2OS. The number of halogens is 1. The lowest BCUT2D eigenvalue weighted by Crippen LogP contribution is -2.28. The van der Waals surface area contributed by atoms with Crippen LogP contribution in [0.1, 0.15) is 28.7 Å². The van der Waals surface area contributed by atoms with E-state index in [9.17, 15) is 4.79 Å².